The lowest BCUT2D eigenvalue weighted by Gasteiger charge is -2.24. The smallest absolute Gasteiger partial charge is 0.349 e. The number of nitrogen functional groups attached to an aromatic ring is 1. The lowest BCUT2D eigenvalue weighted by atomic mass is 10.1. The van der Waals surface area contributed by atoms with Crippen LogP contribution in [-0.2, 0) is 6.54 Å². The second kappa shape index (κ2) is 7.63. The number of fused-ring (bicyclic) bond motifs is 1. The molecule has 3 aromatic rings. The number of likely N-dealkylation sites (N-methyl/N-ethyl adjacent to an activating group) is 1. The topological polar surface area (TPSA) is 106 Å². The molecule has 1 unspecified atom stereocenters. The molecule has 2 aromatic heterocycles. The highest BCUT2D eigenvalue weighted by Gasteiger charge is 2.32. The normalized spacial score (nSPS) is 16.7. The first-order valence-electron chi connectivity index (χ1n) is 9.53. The van der Waals surface area contributed by atoms with Crippen LogP contribution in [0.3, 0.4) is 0 Å². The van der Waals surface area contributed by atoms with E-state index in [1.165, 1.54) is 0 Å². The molecule has 2 N–H and O–H groups in total. The van der Waals surface area contributed by atoms with E-state index in [4.69, 9.17) is 10.2 Å². The number of hydrogen-bond donors (Lipinski definition) is 1. The largest absolute Gasteiger partial charge is 0.422 e. The highest BCUT2D eigenvalue weighted by molar-refractivity contribution is 5.99. The van der Waals surface area contributed by atoms with Gasteiger partial charge < -0.3 is 15.1 Å². The maximum absolute atomic E-state index is 13.1. The number of nitrogens with zero attached hydrogens (tertiary/aromatic N) is 4. The minimum absolute atomic E-state index is 0.117. The Hall–Kier alpha value is -3.26. The maximum atomic E-state index is 13.1. The van der Waals surface area contributed by atoms with Crippen molar-refractivity contribution in [3.05, 3.63) is 63.9 Å². The van der Waals surface area contributed by atoms with E-state index >= 15 is 0 Å². The number of nitrogens with two attached hydrogens (primary N) is 1. The number of aromatic nitrogens is 2. The van der Waals surface area contributed by atoms with Gasteiger partial charge in [0.15, 0.2) is 0 Å². The van der Waals surface area contributed by atoms with Crippen molar-refractivity contribution in [2.75, 3.05) is 25.9 Å². The number of likely N-dealkylation sites (tertiary alicyclic amines) is 1. The average molecular weight is 393 g/mol. The zero-order chi connectivity index (χ0) is 20.5. The average Bonchev–Trinajstić information content (AvgIpc) is 3.18. The predicted molar refractivity (Wildman–Crippen MR) is 109 cm³/mol. The maximum Gasteiger partial charge on any atom is 0.349 e. The second-order valence-corrected chi connectivity index (χ2v) is 7.39. The Labute approximate surface area is 168 Å². The Morgan fingerprint density at radius 2 is 2.14 bits per heavy atom. The van der Waals surface area contributed by atoms with Gasteiger partial charge in [-0.2, -0.15) is 0 Å². The molecule has 8 nitrogen and oxygen atoms in total. The number of carbonyl (C=O) groups excluding carboxylic acids is 1. The third-order valence-corrected chi connectivity index (χ3v) is 5.48. The molecule has 1 aliphatic rings. The van der Waals surface area contributed by atoms with Crippen LogP contribution in [0.2, 0.25) is 0 Å². The summed E-state index contributed by atoms with van der Waals surface area (Å²) in [6.07, 6.45) is 2.44. The molecule has 0 saturated carbocycles. The van der Waals surface area contributed by atoms with Gasteiger partial charge in [-0.15, -0.1) is 0 Å². The number of benzene rings is 1. The molecular weight excluding hydrogens is 370 g/mol. The monoisotopic (exact) mass is 393 g/mol. The van der Waals surface area contributed by atoms with E-state index in [1.54, 1.807) is 36.2 Å². The van der Waals surface area contributed by atoms with Crippen molar-refractivity contribution in [3.63, 3.8) is 0 Å². The van der Waals surface area contributed by atoms with Crippen LogP contribution in [0.15, 0.2) is 45.7 Å². The van der Waals surface area contributed by atoms with Crippen molar-refractivity contribution in [2.45, 2.75) is 25.9 Å². The van der Waals surface area contributed by atoms with E-state index in [9.17, 15) is 9.59 Å². The first kappa shape index (κ1) is 19.1. The molecule has 0 radical (unpaired) electrons. The van der Waals surface area contributed by atoms with Gasteiger partial charge in [-0.1, -0.05) is 18.2 Å². The van der Waals surface area contributed by atoms with Crippen LogP contribution < -0.4 is 11.4 Å². The van der Waals surface area contributed by atoms with Crippen molar-refractivity contribution in [2.24, 2.45) is 0 Å². The van der Waals surface area contributed by atoms with Crippen LogP contribution in [-0.4, -0.2) is 51.9 Å². The van der Waals surface area contributed by atoms with Gasteiger partial charge in [0.2, 0.25) is 0 Å². The van der Waals surface area contributed by atoms with E-state index in [0.29, 0.717) is 42.4 Å². The molecule has 0 spiro atoms. The Morgan fingerprint density at radius 1 is 1.34 bits per heavy atom. The Kier molecular flexibility index (Phi) is 5.02. The minimum atomic E-state index is -0.587. The van der Waals surface area contributed by atoms with Gasteiger partial charge in [-0.05, 0) is 38.1 Å². The van der Waals surface area contributed by atoms with Crippen molar-refractivity contribution in [3.8, 4) is 0 Å². The minimum Gasteiger partial charge on any atom is -0.422 e. The fourth-order valence-electron chi connectivity index (χ4n) is 3.84. The van der Waals surface area contributed by atoms with Gasteiger partial charge >= 0.3 is 5.63 Å². The van der Waals surface area contributed by atoms with Crippen LogP contribution in [0.4, 0.5) is 5.82 Å². The van der Waals surface area contributed by atoms with E-state index < -0.39 is 5.63 Å². The lowest BCUT2D eigenvalue weighted by Crippen LogP contribution is -2.38. The summed E-state index contributed by atoms with van der Waals surface area (Å²) in [7, 11) is 1.97. The molecule has 3 heterocycles. The SMILES string of the molecule is Cc1c(C(=O)N2CCC(N(C)Cc3nccc(N)n3)C2)c(=O)oc2ccccc12. The molecule has 8 heteroatoms. The number of hydrogen-bond acceptors (Lipinski definition) is 7. The zero-order valence-electron chi connectivity index (χ0n) is 16.5. The summed E-state index contributed by atoms with van der Waals surface area (Å²) in [5.74, 6) is 0.798. The molecule has 150 valence electrons. The molecular formula is C21H23N5O3. The second-order valence-electron chi connectivity index (χ2n) is 7.39. The quantitative estimate of drug-likeness (QED) is 0.674. The Bertz CT molecular complexity index is 1130. The third-order valence-electron chi connectivity index (χ3n) is 5.48. The first-order valence-corrected chi connectivity index (χ1v) is 9.53. The summed E-state index contributed by atoms with van der Waals surface area (Å²) in [5.41, 5.74) is 6.40. The Morgan fingerprint density at radius 3 is 2.93 bits per heavy atom. The fraction of sp³-hybridized carbons (Fsp3) is 0.333. The zero-order valence-corrected chi connectivity index (χ0v) is 16.5. The highest BCUT2D eigenvalue weighted by Crippen LogP contribution is 2.23. The number of carbonyl (C=O) groups is 1. The molecule has 29 heavy (non-hydrogen) atoms. The molecule has 1 aliphatic heterocycles. The van der Waals surface area contributed by atoms with E-state index in [1.807, 2.05) is 19.2 Å². The molecule has 1 aromatic carbocycles. The van der Waals surface area contributed by atoms with Crippen molar-refractivity contribution in [1.82, 2.24) is 19.8 Å². The molecule has 0 bridgehead atoms. The van der Waals surface area contributed by atoms with Crippen LogP contribution in [0.1, 0.15) is 28.2 Å². The summed E-state index contributed by atoms with van der Waals surface area (Å²) in [4.78, 5) is 37.9. The fourth-order valence-corrected chi connectivity index (χ4v) is 3.84. The van der Waals surface area contributed by atoms with Gasteiger partial charge in [0.1, 0.15) is 22.8 Å². The van der Waals surface area contributed by atoms with Gasteiger partial charge in [0, 0.05) is 30.7 Å². The van der Waals surface area contributed by atoms with Gasteiger partial charge in [-0.25, -0.2) is 14.8 Å². The van der Waals surface area contributed by atoms with Crippen LogP contribution >= 0.6 is 0 Å². The van der Waals surface area contributed by atoms with Gasteiger partial charge in [-0.3, -0.25) is 9.69 Å². The van der Waals surface area contributed by atoms with Crippen LogP contribution in [0.5, 0.6) is 0 Å². The van der Waals surface area contributed by atoms with E-state index in [0.717, 1.165) is 11.8 Å². The number of aryl methyl sites for hydroxylation is 1. The van der Waals surface area contributed by atoms with E-state index in [2.05, 4.69) is 14.9 Å². The summed E-state index contributed by atoms with van der Waals surface area (Å²) in [5, 5.41) is 0.780. The molecule has 4 rings (SSSR count). The number of anilines is 1. The first-order chi connectivity index (χ1) is 13.9. The number of para-hydroxylation sites is 1. The van der Waals surface area contributed by atoms with E-state index in [-0.39, 0.29) is 17.5 Å². The summed E-state index contributed by atoms with van der Waals surface area (Å²) < 4.78 is 5.38. The molecule has 1 atom stereocenters. The highest BCUT2D eigenvalue weighted by atomic mass is 16.4. The summed E-state index contributed by atoms with van der Waals surface area (Å²) in [6.45, 7) is 3.44. The molecule has 0 aliphatic carbocycles. The lowest BCUT2D eigenvalue weighted by molar-refractivity contribution is 0.0774. The van der Waals surface area contributed by atoms with Crippen molar-refractivity contribution < 1.29 is 9.21 Å². The third kappa shape index (κ3) is 3.71. The van der Waals surface area contributed by atoms with Crippen molar-refractivity contribution >= 4 is 22.7 Å². The molecule has 1 fully saturated rings. The standard InChI is InChI=1S/C21H23N5O3/c1-13-15-5-3-4-6-16(15)29-21(28)19(13)20(27)26-10-8-14(11-26)25(2)12-18-23-9-7-17(22)24-18/h3-7,9,14H,8,10-12H2,1-2H3,(H2,22,23,24). The molecule has 1 amide bonds. The Balaban J connectivity index is 1.51. The number of rotatable bonds is 4. The predicted octanol–water partition coefficient (Wildman–Crippen LogP) is 1.82. The van der Waals surface area contributed by atoms with Crippen LogP contribution in [0, 0.1) is 6.92 Å². The number of amides is 1. The summed E-state index contributed by atoms with van der Waals surface area (Å²) >= 11 is 0. The van der Waals surface area contributed by atoms with Gasteiger partial charge in [0.25, 0.3) is 5.91 Å². The summed E-state index contributed by atoms with van der Waals surface area (Å²) in [6, 6.07) is 9.06. The molecule has 1 saturated heterocycles. The van der Waals surface area contributed by atoms with Gasteiger partial charge in [0.05, 0.1) is 6.54 Å². The van der Waals surface area contributed by atoms with Crippen LogP contribution in [0.25, 0.3) is 11.0 Å². The van der Waals surface area contributed by atoms with Crippen molar-refractivity contribution in [1.29, 1.82) is 0 Å².